The number of aryl methyl sites for hydroxylation is 1. The maximum Gasteiger partial charge on any atom is 0.234 e. The first-order valence-corrected chi connectivity index (χ1v) is 6.36. The van der Waals surface area contributed by atoms with Crippen molar-refractivity contribution in [1.82, 2.24) is 19.8 Å². The van der Waals surface area contributed by atoms with Gasteiger partial charge in [0.25, 0.3) is 0 Å². The molecule has 0 N–H and O–H groups in total. The summed E-state index contributed by atoms with van der Waals surface area (Å²) in [6.45, 7) is 1.86. The minimum Gasteiger partial charge on any atom is -0.187 e. The molecule has 86 valence electrons. The molecule has 0 aliphatic heterocycles. The molecule has 3 rings (SSSR count). The molecule has 0 atom stereocenters. The van der Waals surface area contributed by atoms with Gasteiger partial charge < -0.3 is 0 Å². The van der Waals surface area contributed by atoms with Gasteiger partial charge >= 0.3 is 0 Å². The monoisotopic (exact) mass is 284 g/mol. The Morgan fingerprint density at radius 3 is 2.47 bits per heavy atom. The molecule has 0 aliphatic rings. The molecule has 0 spiro atoms. The van der Waals surface area contributed by atoms with Crippen LogP contribution in [0.5, 0.6) is 0 Å². The molecule has 4 nitrogen and oxygen atoms in total. The van der Waals surface area contributed by atoms with E-state index in [2.05, 4.69) is 15.3 Å². The van der Waals surface area contributed by atoms with Crippen molar-refractivity contribution in [3.05, 3.63) is 34.1 Å². The smallest absolute Gasteiger partial charge is 0.187 e. The molecule has 17 heavy (non-hydrogen) atoms. The van der Waals surface area contributed by atoms with Crippen LogP contribution in [0, 0.1) is 6.92 Å². The molecular formula is C10H6Cl2N4S. The third-order valence-corrected chi connectivity index (χ3v) is 3.64. The molecule has 0 bridgehead atoms. The summed E-state index contributed by atoms with van der Waals surface area (Å²) in [5, 5.41) is 14.4. The Hall–Kier alpha value is -1.17. The van der Waals surface area contributed by atoms with Crippen molar-refractivity contribution in [3.8, 4) is 10.6 Å². The average Bonchev–Trinajstić information content (AvgIpc) is 2.80. The Labute approximate surface area is 111 Å². The molecule has 2 aromatic heterocycles. The van der Waals surface area contributed by atoms with Crippen LogP contribution in [0.15, 0.2) is 18.2 Å². The lowest BCUT2D eigenvalue weighted by Crippen LogP contribution is -1.88. The van der Waals surface area contributed by atoms with E-state index < -0.39 is 0 Å². The molecule has 2 heterocycles. The molecule has 0 fully saturated rings. The molecule has 7 heteroatoms. The third-order valence-electron chi connectivity index (χ3n) is 2.26. The van der Waals surface area contributed by atoms with Gasteiger partial charge in [-0.1, -0.05) is 34.5 Å². The molecule has 0 aliphatic carbocycles. The third kappa shape index (κ3) is 1.90. The Morgan fingerprint density at radius 1 is 1.12 bits per heavy atom. The lowest BCUT2D eigenvalue weighted by molar-refractivity contribution is 0.898. The van der Waals surface area contributed by atoms with Gasteiger partial charge in [-0.15, -0.1) is 10.2 Å². The van der Waals surface area contributed by atoms with Crippen molar-refractivity contribution in [1.29, 1.82) is 0 Å². The second-order valence-electron chi connectivity index (χ2n) is 3.51. The van der Waals surface area contributed by atoms with Crippen molar-refractivity contribution < 1.29 is 0 Å². The fourth-order valence-corrected chi connectivity index (χ4v) is 2.91. The van der Waals surface area contributed by atoms with Crippen LogP contribution in [0.1, 0.15) is 5.82 Å². The normalized spacial score (nSPS) is 11.2. The van der Waals surface area contributed by atoms with Crippen LogP contribution >= 0.6 is 34.5 Å². The van der Waals surface area contributed by atoms with Crippen molar-refractivity contribution in [2.45, 2.75) is 6.92 Å². The minimum atomic E-state index is 0.593. The number of hydrogen-bond donors (Lipinski definition) is 0. The highest BCUT2D eigenvalue weighted by Crippen LogP contribution is 2.30. The summed E-state index contributed by atoms with van der Waals surface area (Å²) in [4.78, 5) is 0.758. The number of halogens is 2. The SMILES string of the molecule is Cc1nnc2sc(-c3cc(Cl)cc(Cl)c3)nn12. The number of rotatable bonds is 1. The highest BCUT2D eigenvalue weighted by Gasteiger charge is 2.11. The van der Waals surface area contributed by atoms with Crippen LogP contribution in [-0.2, 0) is 0 Å². The Kier molecular flexibility index (Phi) is 2.54. The van der Waals surface area contributed by atoms with Gasteiger partial charge in [0, 0.05) is 15.6 Å². The van der Waals surface area contributed by atoms with Crippen molar-refractivity contribution in [3.63, 3.8) is 0 Å². The number of fused-ring (bicyclic) bond motifs is 1. The highest BCUT2D eigenvalue weighted by atomic mass is 35.5. The lowest BCUT2D eigenvalue weighted by atomic mass is 10.2. The van der Waals surface area contributed by atoms with E-state index in [0.29, 0.717) is 10.0 Å². The number of benzene rings is 1. The Morgan fingerprint density at radius 2 is 1.82 bits per heavy atom. The molecule has 1 aromatic carbocycles. The van der Waals surface area contributed by atoms with Gasteiger partial charge in [0.1, 0.15) is 5.01 Å². The van der Waals surface area contributed by atoms with Crippen LogP contribution in [-0.4, -0.2) is 19.8 Å². The first-order chi connectivity index (χ1) is 8.13. The molecule has 0 radical (unpaired) electrons. The van der Waals surface area contributed by atoms with Crippen LogP contribution < -0.4 is 0 Å². The van der Waals surface area contributed by atoms with Gasteiger partial charge in [-0.3, -0.25) is 0 Å². The summed E-state index contributed by atoms with van der Waals surface area (Å²) in [7, 11) is 0. The maximum absolute atomic E-state index is 5.96. The van der Waals surface area contributed by atoms with Gasteiger partial charge in [0.2, 0.25) is 4.96 Å². The fourth-order valence-electron chi connectivity index (χ4n) is 1.51. The van der Waals surface area contributed by atoms with Gasteiger partial charge in [0.05, 0.1) is 0 Å². The summed E-state index contributed by atoms with van der Waals surface area (Å²) in [5.41, 5.74) is 0.886. The molecule has 0 saturated carbocycles. The van der Waals surface area contributed by atoms with Crippen LogP contribution in [0.3, 0.4) is 0 Å². The van der Waals surface area contributed by atoms with E-state index in [0.717, 1.165) is 21.4 Å². The van der Waals surface area contributed by atoms with Gasteiger partial charge in [-0.25, -0.2) is 0 Å². The lowest BCUT2D eigenvalue weighted by Gasteiger charge is -1.98. The average molecular weight is 285 g/mol. The number of hydrogen-bond acceptors (Lipinski definition) is 4. The standard InChI is InChI=1S/C10H6Cl2N4S/c1-5-13-14-10-16(5)15-9(17-10)6-2-7(11)4-8(12)3-6/h2-4H,1H3. The summed E-state index contributed by atoms with van der Waals surface area (Å²) in [6, 6.07) is 5.35. The summed E-state index contributed by atoms with van der Waals surface area (Å²) in [5.74, 6) is 0.760. The van der Waals surface area contributed by atoms with Crippen LogP contribution in [0.2, 0.25) is 10.0 Å². The first-order valence-electron chi connectivity index (χ1n) is 4.79. The summed E-state index contributed by atoms with van der Waals surface area (Å²) < 4.78 is 1.70. The maximum atomic E-state index is 5.96. The van der Waals surface area contributed by atoms with E-state index in [1.807, 2.05) is 19.1 Å². The van der Waals surface area contributed by atoms with Crippen molar-refractivity contribution >= 4 is 39.5 Å². The van der Waals surface area contributed by atoms with Gasteiger partial charge in [-0.05, 0) is 25.1 Å². The van der Waals surface area contributed by atoms with Gasteiger partial charge in [0.15, 0.2) is 5.82 Å². The van der Waals surface area contributed by atoms with E-state index in [9.17, 15) is 0 Å². The topological polar surface area (TPSA) is 43.1 Å². The predicted octanol–water partition coefficient (Wildman–Crippen LogP) is 3.47. The molecule has 0 amide bonds. The molecule has 0 unspecified atom stereocenters. The summed E-state index contributed by atoms with van der Waals surface area (Å²) in [6.07, 6.45) is 0. The van der Waals surface area contributed by atoms with E-state index in [1.54, 1.807) is 10.6 Å². The van der Waals surface area contributed by atoms with E-state index >= 15 is 0 Å². The first kappa shape index (κ1) is 11.0. The minimum absolute atomic E-state index is 0.593. The quantitative estimate of drug-likeness (QED) is 0.687. The summed E-state index contributed by atoms with van der Waals surface area (Å²) >= 11 is 13.4. The van der Waals surface area contributed by atoms with Crippen LogP contribution in [0.25, 0.3) is 15.5 Å². The second-order valence-corrected chi connectivity index (χ2v) is 5.34. The Balaban J connectivity index is 2.19. The van der Waals surface area contributed by atoms with E-state index in [4.69, 9.17) is 23.2 Å². The van der Waals surface area contributed by atoms with Crippen LogP contribution in [0.4, 0.5) is 0 Å². The Bertz CT molecular complexity index is 683. The zero-order valence-corrected chi connectivity index (χ0v) is 11.0. The zero-order valence-electron chi connectivity index (χ0n) is 8.69. The van der Waals surface area contributed by atoms with Gasteiger partial charge in [-0.2, -0.15) is 9.61 Å². The van der Waals surface area contributed by atoms with Crippen molar-refractivity contribution in [2.24, 2.45) is 0 Å². The largest absolute Gasteiger partial charge is 0.234 e. The number of aromatic nitrogens is 4. The zero-order chi connectivity index (χ0) is 12.0. The molecular weight excluding hydrogens is 279 g/mol. The van der Waals surface area contributed by atoms with E-state index in [-0.39, 0.29) is 0 Å². The van der Waals surface area contributed by atoms with Crippen molar-refractivity contribution in [2.75, 3.05) is 0 Å². The predicted molar refractivity (Wildman–Crippen MR) is 68.9 cm³/mol. The highest BCUT2D eigenvalue weighted by molar-refractivity contribution is 7.19. The fraction of sp³-hybridized carbons (Fsp3) is 0.100. The molecule has 3 aromatic rings. The van der Waals surface area contributed by atoms with E-state index in [1.165, 1.54) is 11.3 Å². The second kappa shape index (κ2) is 3.94. The molecule has 0 saturated heterocycles. The number of nitrogens with zero attached hydrogens (tertiary/aromatic N) is 4.